The molecule has 76 valence electrons. The van der Waals surface area contributed by atoms with Crippen LogP contribution in [-0.2, 0) is 20.7 Å². The van der Waals surface area contributed by atoms with Crippen LogP contribution < -0.4 is 5.73 Å². The van der Waals surface area contributed by atoms with Crippen LogP contribution in [0.15, 0.2) is 11.4 Å². The molecule has 14 heavy (non-hydrogen) atoms. The number of methoxy groups -OCH3 is 1. The molecule has 6 heteroatoms. The Balaban J connectivity index is 2.50. The fourth-order valence-electron chi connectivity index (χ4n) is 0.796. The van der Waals surface area contributed by atoms with Crippen LogP contribution in [0.1, 0.15) is 4.88 Å². The average molecular weight is 215 g/mol. The van der Waals surface area contributed by atoms with Crippen LogP contribution in [0.5, 0.6) is 0 Å². The van der Waals surface area contributed by atoms with Crippen LogP contribution in [0.3, 0.4) is 0 Å². The minimum absolute atomic E-state index is 0.0153. The molecule has 0 aliphatic rings. The molecule has 1 rings (SSSR count). The molecule has 0 fully saturated rings. The molecular formula is C8H9NO4S. The largest absolute Gasteiger partial charge is 0.515 e. The van der Waals surface area contributed by atoms with Gasteiger partial charge in [-0.2, -0.15) is 0 Å². The summed E-state index contributed by atoms with van der Waals surface area (Å²) in [6, 6.07) is 1.69. The van der Waals surface area contributed by atoms with E-state index in [1.54, 1.807) is 11.4 Å². The van der Waals surface area contributed by atoms with E-state index in [1.165, 1.54) is 11.3 Å². The zero-order chi connectivity index (χ0) is 10.6. The van der Waals surface area contributed by atoms with Crippen LogP contribution >= 0.6 is 11.3 Å². The molecule has 0 bridgehead atoms. The van der Waals surface area contributed by atoms with Gasteiger partial charge >= 0.3 is 12.1 Å². The third-order valence-electron chi connectivity index (χ3n) is 1.45. The molecule has 0 atom stereocenters. The minimum Gasteiger partial charge on any atom is -0.437 e. The molecule has 0 aliphatic heterocycles. The van der Waals surface area contributed by atoms with Crippen LogP contribution in [0, 0.1) is 0 Å². The highest BCUT2D eigenvalue weighted by Gasteiger charge is 2.13. The van der Waals surface area contributed by atoms with Crippen molar-refractivity contribution in [1.82, 2.24) is 0 Å². The van der Waals surface area contributed by atoms with Gasteiger partial charge in [0.15, 0.2) is 0 Å². The first-order valence-electron chi connectivity index (χ1n) is 3.74. The third-order valence-corrected chi connectivity index (χ3v) is 2.39. The second kappa shape index (κ2) is 4.61. The molecule has 0 amide bonds. The van der Waals surface area contributed by atoms with E-state index in [1.807, 2.05) is 0 Å². The summed E-state index contributed by atoms with van der Waals surface area (Å²) in [7, 11) is 1.13. The van der Waals surface area contributed by atoms with Crippen LogP contribution in [-0.4, -0.2) is 19.2 Å². The number of esters is 1. The molecule has 0 saturated heterocycles. The van der Waals surface area contributed by atoms with Crippen molar-refractivity contribution in [2.45, 2.75) is 6.42 Å². The van der Waals surface area contributed by atoms with Gasteiger partial charge in [0.2, 0.25) is 0 Å². The average Bonchev–Trinajstić information content (AvgIpc) is 2.51. The van der Waals surface area contributed by atoms with Gasteiger partial charge in [0.25, 0.3) is 0 Å². The van der Waals surface area contributed by atoms with E-state index in [9.17, 15) is 9.59 Å². The Bertz CT molecular complexity index is 347. The molecule has 0 saturated carbocycles. The monoisotopic (exact) mass is 215 g/mol. The number of rotatable bonds is 2. The van der Waals surface area contributed by atoms with Gasteiger partial charge in [-0.25, -0.2) is 4.79 Å². The number of hydrogen-bond donors (Lipinski definition) is 1. The van der Waals surface area contributed by atoms with Crippen molar-refractivity contribution in [2.24, 2.45) is 0 Å². The van der Waals surface area contributed by atoms with Gasteiger partial charge < -0.3 is 15.2 Å². The fourth-order valence-corrected chi connectivity index (χ4v) is 1.58. The van der Waals surface area contributed by atoms with Gasteiger partial charge in [0.1, 0.15) is 0 Å². The fraction of sp³-hybridized carbons (Fsp3) is 0.250. The summed E-state index contributed by atoms with van der Waals surface area (Å²) < 4.78 is 8.44. The highest BCUT2D eigenvalue weighted by atomic mass is 32.1. The van der Waals surface area contributed by atoms with Crippen molar-refractivity contribution in [3.8, 4) is 0 Å². The van der Waals surface area contributed by atoms with Gasteiger partial charge in [-0.3, -0.25) is 4.79 Å². The Morgan fingerprint density at radius 1 is 1.57 bits per heavy atom. The van der Waals surface area contributed by atoms with Crippen molar-refractivity contribution in [3.05, 3.63) is 16.3 Å². The summed E-state index contributed by atoms with van der Waals surface area (Å²) >= 11 is 1.33. The maximum atomic E-state index is 11.1. The second-order valence-electron chi connectivity index (χ2n) is 2.40. The van der Waals surface area contributed by atoms with E-state index >= 15 is 0 Å². The molecule has 0 radical (unpaired) electrons. The quantitative estimate of drug-likeness (QED) is 0.592. The summed E-state index contributed by atoms with van der Waals surface area (Å²) in [6.07, 6.45) is -1.02. The Morgan fingerprint density at radius 2 is 2.29 bits per heavy atom. The van der Waals surface area contributed by atoms with E-state index in [4.69, 9.17) is 5.73 Å². The normalized spacial score (nSPS) is 9.50. The lowest BCUT2D eigenvalue weighted by molar-refractivity contribution is -0.138. The number of carbonyl (C=O) groups is 2. The van der Waals surface area contributed by atoms with E-state index in [-0.39, 0.29) is 6.42 Å². The van der Waals surface area contributed by atoms with Crippen molar-refractivity contribution < 1.29 is 19.1 Å². The van der Waals surface area contributed by atoms with Crippen molar-refractivity contribution in [3.63, 3.8) is 0 Å². The lowest BCUT2D eigenvalue weighted by Gasteiger charge is -2.00. The van der Waals surface area contributed by atoms with Crippen LogP contribution in [0.2, 0.25) is 0 Å². The predicted octanol–water partition coefficient (Wildman–Crippen LogP) is 1.18. The Labute approximate surface area is 84.4 Å². The molecule has 0 aliphatic carbocycles. The van der Waals surface area contributed by atoms with Crippen molar-refractivity contribution in [1.29, 1.82) is 0 Å². The molecule has 1 heterocycles. The molecule has 1 aromatic rings. The van der Waals surface area contributed by atoms with Gasteiger partial charge in [-0.15, -0.1) is 11.3 Å². The molecular weight excluding hydrogens is 206 g/mol. The van der Waals surface area contributed by atoms with E-state index in [2.05, 4.69) is 9.47 Å². The zero-order valence-corrected chi connectivity index (χ0v) is 8.30. The molecule has 2 N–H and O–H groups in total. The summed E-state index contributed by atoms with van der Waals surface area (Å²) in [6.45, 7) is 0. The smallest absolute Gasteiger partial charge is 0.437 e. The van der Waals surface area contributed by atoms with Crippen LogP contribution in [0.4, 0.5) is 10.5 Å². The predicted molar refractivity (Wildman–Crippen MR) is 50.9 cm³/mol. The maximum absolute atomic E-state index is 11.1. The second-order valence-corrected chi connectivity index (χ2v) is 3.40. The minimum atomic E-state index is -1.01. The third kappa shape index (κ3) is 2.74. The van der Waals surface area contributed by atoms with E-state index < -0.39 is 12.1 Å². The number of anilines is 1. The number of nitrogen functional groups attached to an aromatic ring is 1. The molecule has 0 spiro atoms. The summed E-state index contributed by atoms with van der Waals surface area (Å²) in [5.41, 5.74) is 6.06. The lowest BCUT2D eigenvalue weighted by Crippen LogP contribution is -2.14. The first-order chi connectivity index (χ1) is 6.63. The Hall–Kier alpha value is -1.56. The first-order valence-corrected chi connectivity index (χ1v) is 4.62. The number of nitrogens with two attached hydrogens (primary N) is 1. The van der Waals surface area contributed by atoms with Gasteiger partial charge in [-0.05, 0) is 11.4 Å². The van der Waals surface area contributed by atoms with Gasteiger partial charge in [0.05, 0.1) is 13.5 Å². The molecule has 5 nitrogen and oxygen atoms in total. The molecule has 1 aromatic heterocycles. The zero-order valence-electron chi connectivity index (χ0n) is 7.48. The molecule has 0 aromatic carbocycles. The van der Waals surface area contributed by atoms with Crippen molar-refractivity contribution >= 4 is 29.1 Å². The van der Waals surface area contributed by atoms with Crippen LogP contribution in [0.25, 0.3) is 0 Å². The van der Waals surface area contributed by atoms with Gasteiger partial charge in [0, 0.05) is 10.6 Å². The molecule has 0 unspecified atom stereocenters. The van der Waals surface area contributed by atoms with E-state index in [0.29, 0.717) is 10.6 Å². The standard InChI is InChI=1S/C8H9NO4S/c1-12-8(11)13-7(10)4-6-5(9)2-3-14-6/h2-3H,4,9H2,1H3. The lowest BCUT2D eigenvalue weighted by atomic mass is 10.3. The number of hydrogen-bond acceptors (Lipinski definition) is 6. The van der Waals surface area contributed by atoms with Gasteiger partial charge in [-0.1, -0.05) is 0 Å². The van der Waals surface area contributed by atoms with Crippen molar-refractivity contribution in [2.75, 3.05) is 12.8 Å². The summed E-state index contributed by atoms with van der Waals surface area (Å²) in [5.74, 6) is -0.675. The Kier molecular flexibility index (Phi) is 3.47. The summed E-state index contributed by atoms with van der Waals surface area (Å²) in [5, 5.41) is 1.76. The first kappa shape index (κ1) is 10.5. The Morgan fingerprint density at radius 3 is 2.79 bits per heavy atom. The summed E-state index contributed by atoms with van der Waals surface area (Å²) in [4.78, 5) is 22.3. The van der Waals surface area contributed by atoms with E-state index in [0.717, 1.165) is 7.11 Å². The highest BCUT2D eigenvalue weighted by Crippen LogP contribution is 2.19. The number of thiophene rings is 1. The maximum Gasteiger partial charge on any atom is 0.515 e. The number of ether oxygens (including phenoxy) is 2. The number of carbonyl (C=O) groups excluding carboxylic acids is 2. The SMILES string of the molecule is COC(=O)OC(=O)Cc1sccc1N. The topological polar surface area (TPSA) is 78.6 Å². The highest BCUT2D eigenvalue weighted by molar-refractivity contribution is 7.10.